The molecule has 4 aromatic rings. The van der Waals surface area contributed by atoms with Crippen LogP contribution < -0.4 is 5.73 Å². The molecule has 4 N–H and O–H groups in total. The van der Waals surface area contributed by atoms with Crippen molar-refractivity contribution < 1.29 is 13.9 Å². The van der Waals surface area contributed by atoms with E-state index in [-0.39, 0.29) is 0 Å². The van der Waals surface area contributed by atoms with Gasteiger partial charge in [0, 0.05) is 36.3 Å². The van der Waals surface area contributed by atoms with Gasteiger partial charge in [0.05, 0.1) is 29.7 Å². The summed E-state index contributed by atoms with van der Waals surface area (Å²) in [6.07, 6.45) is 2.82. The maximum absolute atomic E-state index is 13.0. The van der Waals surface area contributed by atoms with E-state index < -0.39 is 25.2 Å². The van der Waals surface area contributed by atoms with Crippen LogP contribution in [0.5, 0.6) is 0 Å². The van der Waals surface area contributed by atoms with Crippen molar-refractivity contribution in [1.82, 2.24) is 29.9 Å². The Morgan fingerprint density at radius 3 is 2.79 bits per heavy atom. The van der Waals surface area contributed by atoms with Gasteiger partial charge >= 0.3 is 0 Å². The Labute approximate surface area is 163 Å². The molecule has 1 aliphatic heterocycles. The summed E-state index contributed by atoms with van der Waals surface area (Å²) in [4.78, 5) is 5.85. The molecule has 1 saturated heterocycles. The predicted octanol–water partition coefficient (Wildman–Crippen LogP) is 2.22. The summed E-state index contributed by atoms with van der Waals surface area (Å²) < 4.78 is 27.6. The molecule has 1 aliphatic rings. The zero-order valence-electron chi connectivity index (χ0n) is 15.4. The number of H-pyrrole nitrogens is 1. The van der Waals surface area contributed by atoms with Crippen molar-refractivity contribution in [1.29, 1.82) is 0 Å². The maximum Gasteiger partial charge on any atom is 0.273 e. The number of nitrogens with zero attached hydrogens (tertiary/aromatic N) is 5. The summed E-state index contributed by atoms with van der Waals surface area (Å²) in [6, 6.07) is 7.69. The molecule has 1 unspecified atom stereocenters. The zero-order chi connectivity index (χ0) is 20.2. The molecule has 3 aromatic heterocycles. The largest absolute Gasteiger partial charge is 0.383 e. The number of nitrogens with two attached hydrogens (primary N) is 1. The summed E-state index contributed by atoms with van der Waals surface area (Å²) in [5.41, 5.74) is 9.40. The van der Waals surface area contributed by atoms with E-state index in [0.29, 0.717) is 24.3 Å². The molecule has 0 amide bonds. The lowest BCUT2D eigenvalue weighted by Crippen LogP contribution is -2.60. The SMILES string of the molecule is Nc1nc2cc(-c3ccn[nH]3)ccc2c2nn(CCC(O)N3CC(F)(F)C3)cc12. The molecular weight excluding hydrogens is 380 g/mol. The Hall–Kier alpha value is -3.11. The van der Waals surface area contributed by atoms with Gasteiger partial charge in [-0.05, 0) is 18.2 Å². The molecule has 1 aromatic carbocycles. The van der Waals surface area contributed by atoms with Crippen molar-refractivity contribution in [2.75, 3.05) is 18.8 Å². The smallest absolute Gasteiger partial charge is 0.273 e. The van der Waals surface area contributed by atoms with Gasteiger partial charge in [0.2, 0.25) is 0 Å². The Balaban J connectivity index is 1.42. The minimum Gasteiger partial charge on any atom is -0.383 e. The first-order chi connectivity index (χ1) is 13.9. The van der Waals surface area contributed by atoms with Crippen LogP contribution in [-0.4, -0.2) is 60.2 Å². The van der Waals surface area contributed by atoms with Crippen LogP contribution in [0.1, 0.15) is 6.42 Å². The van der Waals surface area contributed by atoms with E-state index in [1.165, 1.54) is 4.90 Å². The molecule has 0 radical (unpaired) electrons. The molecule has 1 fully saturated rings. The number of aromatic nitrogens is 5. The molecule has 5 rings (SSSR count). The van der Waals surface area contributed by atoms with Gasteiger partial charge in [0.25, 0.3) is 5.92 Å². The highest BCUT2D eigenvalue weighted by molar-refractivity contribution is 6.08. The number of alkyl halides is 2. The molecule has 0 saturated carbocycles. The molecule has 0 bridgehead atoms. The zero-order valence-corrected chi connectivity index (χ0v) is 15.4. The maximum atomic E-state index is 13.0. The second kappa shape index (κ2) is 6.46. The number of halogens is 2. The number of pyridine rings is 1. The topological polar surface area (TPSA) is 109 Å². The Kier molecular flexibility index (Phi) is 4.00. The third kappa shape index (κ3) is 3.19. The number of rotatable bonds is 5. The van der Waals surface area contributed by atoms with Gasteiger partial charge in [-0.25, -0.2) is 13.8 Å². The quantitative estimate of drug-likeness (QED) is 0.475. The van der Waals surface area contributed by atoms with Crippen LogP contribution in [0.2, 0.25) is 0 Å². The van der Waals surface area contributed by atoms with Crippen LogP contribution in [0.4, 0.5) is 14.6 Å². The van der Waals surface area contributed by atoms with Crippen LogP contribution >= 0.6 is 0 Å². The standard InChI is InChI=1S/C19H19F2N7O/c20-19(21)9-27(10-19)16(29)4-6-28-8-13-17(26-28)12-2-1-11(14-3-5-23-25-14)7-15(12)24-18(13)22/h1-3,5,7-8,16,29H,4,6,9-10H2,(H2,22,24)(H,23,25). The number of hydrogen-bond donors (Lipinski definition) is 3. The molecule has 8 nitrogen and oxygen atoms in total. The molecule has 1 atom stereocenters. The number of nitrogen functional groups attached to an aromatic ring is 1. The first-order valence-electron chi connectivity index (χ1n) is 9.26. The molecule has 0 aliphatic carbocycles. The van der Waals surface area contributed by atoms with Crippen molar-refractivity contribution in [2.45, 2.75) is 25.1 Å². The Morgan fingerprint density at radius 2 is 2.07 bits per heavy atom. The van der Waals surface area contributed by atoms with E-state index >= 15 is 0 Å². The summed E-state index contributed by atoms with van der Waals surface area (Å²) in [7, 11) is 0. The van der Waals surface area contributed by atoms with E-state index in [0.717, 1.165) is 27.5 Å². The molecule has 0 spiro atoms. The highest BCUT2D eigenvalue weighted by Gasteiger charge is 2.46. The fourth-order valence-electron chi connectivity index (χ4n) is 3.71. The monoisotopic (exact) mass is 399 g/mol. The van der Waals surface area contributed by atoms with Crippen LogP contribution in [0, 0.1) is 0 Å². The fourth-order valence-corrected chi connectivity index (χ4v) is 3.71. The highest BCUT2D eigenvalue weighted by Crippen LogP contribution is 2.31. The van der Waals surface area contributed by atoms with Gasteiger partial charge < -0.3 is 10.8 Å². The second-order valence-electron chi connectivity index (χ2n) is 7.38. The third-order valence-corrected chi connectivity index (χ3v) is 5.25. The van der Waals surface area contributed by atoms with Gasteiger partial charge in [-0.15, -0.1) is 0 Å². The molecule has 4 heterocycles. The number of aromatic amines is 1. The summed E-state index contributed by atoms with van der Waals surface area (Å²) in [5, 5.41) is 23.2. The van der Waals surface area contributed by atoms with E-state index in [2.05, 4.69) is 20.3 Å². The summed E-state index contributed by atoms with van der Waals surface area (Å²) in [6.45, 7) is -0.435. The number of anilines is 1. The van der Waals surface area contributed by atoms with Gasteiger partial charge in [-0.1, -0.05) is 6.07 Å². The van der Waals surface area contributed by atoms with Crippen LogP contribution in [0.25, 0.3) is 33.1 Å². The number of fused-ring (bicyclic) bond motifs is 3. The minimum atomic E-state index is -2.70. The lowest BCUT2D eigenvalue weighted by atomic mass is 10.1. The molecule has 29 heavy (non-hydrogen) atoms. The number of hydrogen-bond acceptors (Lipinski definition) is 6. The molecular formula is C19H19F2N7O. The predicted molar refractivity (Wildman–Crippen MR) is 104 cm³/mol. The van der Waals surface area contributed by atoms with E-state index in [4.69, 9.17) is 5.73 Å². The summed E-state index contributed by atoms with van der Waals surface area (Å²) in [5.74, 6) is -2.33. The minimum absolute atomic E-state index is 0.291. The van der Waals surface area contributed by atoms with Crippen molar-refractivity contribution in [3.05, 3.63) is 36.7 Å². The average molecular weight is 399 g/mol. The van der Waals surface area contributed by atoms with Gasteiger partial charge in [-0.2, -0.15) is 10.2 Å². The van der Waals surface area contributed by atoms with E-state index in [9.17, 15) is 13.9 Å². The van der Waals surface area contributed by atoms with E-state index in [1.807, 2.05) is 24.3 Å². The van der Waals surface area contributed by atoms with Crippen LogP contribution in [-0.2, 0) is 6.54 Å². The normalized spacial score (nSPS) is 17.6. The lowest BCUT2D eigenvalue weighted by Gasteiger charge is -2.41. The van der Waals surface area contributed by atoms with Gasteiger partial charge in [0.1, 0.15) is 17.6 Å². The van der Waals surface area contributed by atoms with Crippen LogP contribution in [0.15, 0.2) is 36.7 Å². The second-order valence-corrected chi connectivity index (χ2v) is 7.38. The lowest BCUT2D eigenvalue weighted by molar-refractivity contribution is -0.185. The van der Waals surface area contributed by atoms with Crippen molar-refractivity contribution in [3.8, 4) is 11.3 Å². The van der Waals surface area contributed by atoms with E-state index in [1.54, 1.807) is 17.1 Å². The van der Waals surface area contributed by atoms with Gasteiger partial charge in [-0.3, -0.25) is 14.7 Å². The number of aliphatic hydroxyl groups is 1. The fraction of sp³-hybridized carbons (Fsp3) is 0.316. The number of benzene rings is 1. The van der Waals surface area contributed by atoms with Crippen molar-refractivity contribution >= 4 is 27.6 Å². The third-order valence-electron chi connectivity index (χ3n) is 5.25. The molecule has 150 valence electrons. The van der Waals surface area contributed by atoms with Crippen LogP contribution in [0.3, 0.4) is 0 Å². The number of likely N-dealkylation sites (tertiary alicyclic amines) is 1. The number of aliphatic hydroxyl groups excluding tert-OH is 1. The van der Waals surface area contributed by atoms with Gasteiger partial charge in [0.15, 0.2) is 0 Å². The Morgan fingerprint density at radius 1 is 1.24 bits per heavy atom. The molecule has 10 heteroatoms. The summed E-state index contributed by atoms with van der Waals surface area (Å²) >= 11 is 0. The first kappa shape index (κ1) is 18.0. The Bertz CT molecular complexity index is 1180. The first-order valence-corrected chi connectivity index (χ1v) is 9.26. The number of nitrogens with one attached hydrogen (secondary N) is 1. The highest BCUT2D eigenvalue weighted by atomic mass is 19.3. The average Bonchev–Trinajstić information content (AvgIpc) is 3.34. The van der Waals surface area contributed by atoms with Crippen molar-refractivity contribution in [2.24, 2.45) is 0 Å². The number of aryl methyl sites for hydroxylation is 1. The van der Waals surface area contributed by atoms with Crippen molar-refractivity contribution in [3.63, 3.8) is 0 Å².